The van der Waals surface area contributed by atoms with Crippen LogP contribution in [0.3, 0.4) is 0 Å². The highest BCUT2D eigenvalue weighted by Gasteiger charge is 2.18. The number of benzene rings is 1. The lowest BCUT2D eigenvalue weighted by atomic mass is 9.84. The molecule has 1 N–H and O–H groups in total. The minimum atomic E-state index is 0.702. The van der Waals surface area contributed by atoms with Gasteiger partial charge in [0.25, 0.3) is 0 Å². The summed E-state index contributed by atoms with van der Waals surface area (Å²) in [6.07, 6.45) is 7.89. The number of nitrogens with one attached hydrogen (secondary N) is 1. The van der Waals surface area contributed by atoms with Crippen molar-refractivity contribution < 1.29 is 0 Å². The molecule has 1 saturated heterocycles. The Morgan fingerprint density at radius 1 is 1.10 bits per heavy atom. The van der Waals surface area contributed by atoms with Crippen molar-refractivity contribution >= 4 is 11.6 Å². The van der Waals surface area contributed by atoms with Gasteiger partial charge >= 0.3 is 0 Å². The van der Waals surface area contributed by atoms with Crippen molar-refractivity contribution in [3.8, 4) is 0 Å². The molecule has 1 heterocycles. The largest absolute Gasteiger partial charge is 0.314 e. The third-order valence-corrected chi connectivity index (χ3v) is 5.36. The second-order valence-corrected chi connectivity index (χ2v) is 6.94. The van der Waals surface area contributed by atoms with E-state index in [2.05, 4.69) is 28.4 Å². The third kappa shape index (κ3) is 4.21. The zero-order chi connectivity index (χ0) is 14.5. The molecular weight excluding hydrogens is 280 g/mol. The number of rotatable bonds is 4. The summed E-state index contributed by atoms with van der Waals surface area (Å²) in [6.45, 7) is 5.76. The number of hydrogen-bond acceptors (Lipinski definition) is 2. The van der Waals surface area contributed by atoms with Gasteiger partial charge in [-0.2, -0.15) is 0 Å². The van der Waals surface area contributed by atoms with Crippen LogP contribution in [0.2, 0.25) is 5.02 Å². The van der Waals surface area contributed by atoms with Gasteiger partial charge in [0.2, 0.25) is 0 Å². The fourth-order valence-corrected chi connectivity index (χ4v) is 4.05. The Morgan fingerprint density at radius 3 is 2.57 bits per heavy atom. The van der Waals surface area contributed by atoms with Crippen molar-refractivity contribution in [2.45, 2.75) is 44.4 Å². The van der Waals surface area contributed by atoms with Gasteiger partial charge in [-0.15, -0.1) is 0 Å². The van der Waals surface area contributed by atoms with E-state index in [0.717, 1.165) is 31.1 Å². The molecule has 0 radical (unpaired) electrons. The molecule has 2 fully saturated rings. The molecule has 0 atom stereocenters. The van der Waals surface area contributed by atoms with Crippen LogP contribution in [0.25, 0.3) is 0 Å². The summed E-state index contributed by atoms with van der Waals surface area (Å²) in [5.41, 5.74) is 2.78. The van der Waals surface area contributed by atoms with E-state index in [0.29, 0.717) is 5.92 Å². The minimum absolute atomic E-state index is 0.702. The lowest BCUT2D eigenvalue weighted by Crippen LogP contribution is -2.44. The maximum absolute atomic E-state index is 6.56. The molecule has 0 spiro atoms. The fourth-order valence-electron chi connectivity index (χ4n) is 3.69. The topological polar surface area (TPSA) is 15.3 Å². The van der Waals surface area contributed by atoms with Gasteiger partial charge < -0.3 is 10.2 Å². The Balaban J connectivity index is 1.58. The molecule has 116 valence electrons. The Hall–Kier alpha value is -0.570. The van der Waals surface area contributed by atoms with E-state index in [1.165, 1.54) is 56.3 Å². The summed E-state index contributed by atoms with van der Waals surface area (Å²) >= 11 is 6.56. The summed E-state index contributed by atoms with van der Waals surface area (Å²) in [5, 5.41) is 4.40. The van der Waals surface area contributed by atoms with Gasteiger partial charge in [0.1, 0.15) is 0 Å². The molecule has 1 aliphatic carbocycles. The van der Waals surface area contributed by atoms with Crippen molar-refractivity contribution in [2.75, 3.05) is 32.7 Å². The van der Waals surface area contributed by atoms with Crippen LogP contribution in [0.15, 0.2) is 18.2 Å². The number of halogens is 1. The third-order valence-electron chi connectivity index (χ3n) is 5.04. The maximum atomic E-state index is 6.56. The highest BCUT2D eigenvalue weighted by Crippen LogP contribution is 2.36. The predicted octanol–water partition coefficient (Wildman–Crippen LogP) is 3.84. The van der Waals surface area contributed by atoms with E-state index in [1.807, 2.05) is 0 Å². The van der Waals surface area contributed by atoms with Crippen LogP contribution in [-0.2, 0) is 6.42 Å². The molecule has 0 amide bonds. The lowest BCUT2D eigenvalue weighted by Gasteiger charge is -2.27. The van der Waals surface area contributed by atoms with Gasteiger partial charge in [0.15, 0.2) is 0 Å². The van der Waals surface area contributed by atoms with Gasteiger partial charge in [-0.25, -0.2) is 0 Å². The fraction of sp³-hybridized carbons (Fsp3) is 0.667. The van der Waals surface area contributed by atoms with Crippen molar-refractivity contribution in [3.05, 3.63) is 34.3 Å². The van der Waals surface area contributed by atoms with Crippen LogP contribution >= 0.6 is 11.6 Å². The van der Waals surface area contributed by atoms with Crippen molar-refractivity contribution in [2.24, 2.45) is 0 Å². The first-order valence-electron chi connectivity index (χ1n) is 8.54. The summed E-state index contributed by atoms with van der Waals surface area (Å²) in [7, 11) is 0. The molecule has 0 aromatic heterocycles. The molecule has 0 unspecified atom stereocenters. The summed E-state index contributed by atoms with van der Waals surface area (Å²) in [4.78, 5) is 2.54. The van der Waals surface area contributed by atoms with Gasteiger partial charge in [-0.1, -0.05) is 43.0 Å². The smallest absolute Gasteiger partial charge is 0.0443 e. The van der Waals surface area contributed by atoms with Gasteiger partial charge in [-0.3, -0.25) is 0 Å². The van der Waals surface area contributed by atoms with E-state index in [-0.39, 0.29) is 0 Å². The molecule has 1 aromatic rings. The lowest BCUT2D eigenvalue weighted by molar-refractivity contribution is 0.244. The van der Waals surface area contributed by atoms with E-state index >= 15 is 0 Å². The zero-order valence-corrected chi connectivity index (χ0v) is 13.7. The van der Waals surface area contributed by atoms with Crippen LogP contribution in [0, 0.1) is 0 Å². The monoisotopic (exact) mass is 306 g/mol. The van der Waals surface area contributed by atoms with Gasteiger partial charge in [0.05, 0.1) is 0 Å². The average Bonchev–Trinajstić information content (AvgIpc) is 2.55. The Morgan fingerprint density at radius 2 is 1.86 bits per heavy atom. The van der Waals surface area contributed by atoms with Gasteiger partial charge in [-0.05, 0) is 42.4 Å². The van der Waals surface area contributed by atoms with Crippen molar-refractivity contribution in [1.29, 1.82) is 0 Å². The van der Waals surface area contributed by atoms with E-state index in [4.69, 9.17) is 11.6 Å². The average molecular weight is 307 g/mol. The number of hydrogen-bond donors (Lipinski definition) is 1. The molecule has 3 heteroatoms. The number of piperazine rings is 1. The molecule has 1 aromatic carbocycles. The molecule has 2 aliphatic rings. The van der Waals surface area contributed by atoms with Crippen LogP contribution in [0.1, 0.15) is 49.1 Å². The Bertz CT molecular complexity index is 449. The molecule has 3 rings (SSSR count). The van der Waals surface area contributed by atoms with Crippen LogP contribution < -0.4 is 5.32 Å². The first-order chi connectivity index (χ1) is 10.3. The quantitative estimate of drug-likeness (QED) is 0.909. The van der Waals surface area contributed by atoms with E-state index < -0.39 is 0 Å². The van der Waals surface area contributed by atoms with Gasteiger partial charge in [0, 0.05) is 37.7 Å². The van der Waals surface area contributed by atoms with Crippen LogP contribution in [-0.4, -0.2) is 37.6 Å². The number of nitrogens with zero attached hydrogens (tertiary/aromatic N) is 1. The summed E-state index contributed by atoms with van der Waals surface area (Å²) in [6, 6.07) is 6.82. The second kappa shape index (κ2) is 7.62. The first kappa shape index (κ1) is 15.3. The predicted molar refractivity (Wildman–Crippen MR) is 90.3 cm³/mol. The standard InChI is InChI=1S/C18H27ClN2/c19-18-14-15(8-11-21-12-9-20-10-13-21)6-7-17(18)16-4-2-1-3-5-16/h6-7,14,16,20H,1-5,8-13H2. The normalized spacial score (nSPS) is 21.6. The van der Waals surface area contributed by atoms with E-state index in [9.17, 15) is 0 Å². The first-order valence-corrected chi connectivity index (χ1v) is 8.92. The minimum Gasteiger partial charge on any atom is -0.314 e. The van der Waals surface area contributed by atoms with E-state index in [1.54, 1.807) is 0 Å². The zero-order valence-electron chi connectivity index (χ0n) is 12.9. The molecule has 1 aliphatic heterocycles. The Kier molecular flexibility index (Phi) is 5.56. The molecule has 2 nitrogen and oxygen atoms in total. The summed E-state index contributed by atoms with van der Waals surface area (Å²) in [5.74, 6) is 0.702. The van der Waals surface area contributed by atoms with Crippen LogP contribution in [0.4, 0.5) is 0 Å². The maximum Gasteiger partial charge on any atom is 0.0443 e. The van der Waals surface area contributed by atoms with Crippen LogP contribution in [0.5, 0.6) is 0 Å². The van der Waals surface area contributed by atoms with Crippen molar-refractivity contribution in [3.63, 3.8) is 0 Å². The SMILES string of the molecule is Clc1cc(CCN2CCNCC2)ccc1C1CCCCC1. The molecule has 0 bridgehead atoms. The summed E-state index contributed by atoms with van der Waals surface area (Å²) < 4.78 is 0. The highest BCUT2D eigenvalue weighted by molar-refractivity contribution is 6.31. The Labute approximate surface area is 133 Å². The highest BCUT2D eigenvalue weighted by atomic mass is 35.5. The second-order valence-electron chi connectivity index (χ2n) is 6.53. The molecule has 1 saturated carbocycles. The molecular formula is C18H27ClN2. The molecule has 21 heavy (non-hydrogen) atoms. The van der Waals surface area contributed by atoms with Crippen molar-refractivity contribution in [1.82, 2.24) is 10.2 Å².